The van der Waals surface area contributed by atoms with Gasteiger partial charge >= 0.3 is 0 Å². The maximum Gasteiger partial charge on any atom is 0.141 e. The zero-order valence-electron chi connectivity index (χ0n) is 10.7. The highest BCUT2D eigenvalue weighted by molar-refractivity contribution is 5.27. The van der Waals surface area contributed by atoms with Crippen LogP contribution in [0.25, 0.3) is 0 Å². The maximum atomic E-state index is 12.7. The van der Waals surface area contributed by atoms with Crippen LogP contribution in [0.1, 0.15) is 23.8 Å². The number of pyridine rings is 1. The summed E-state index contributed by atoms with van der Waals surface area (Å²) in [7, 11) is 1.62. The SMILES string of the molecule is COc1ccc(CCC(O)c2ccc(F)cn2)cc1. The molecule has 2 aromatic rings. The van der Waals surface area contributed by atoms with Gasteiger partial charge in [-0.25, -0.2) is 4.39 Å². The number of ether oxygens (including phenoxy) is 1. The summed E-state index contributed by atoms with van der Waals surface area (Å²) in [4.78, 5) is 3.87. The van der Waals surface area contributed by atoms with Gasteiger partial charge in [0.2, 0.25) is 0 Å². The molecule has 0 aliphatic carbocycles. The number of halogens is 1. The van der Waals surface area contributed by atoms with Gasteiger partial charge in [0.05, 0.1) is 25.1 Å². The highest BCUT2D eigenvalue weighted by Gasteiger charge is 2.09. The number of aliphatic hydroxyl groups is 1. The Morgan fingerprint density at radius 2 is 1.95 bits per heavy atom. The fourth-order valence-corrected chi connectivity index (χ4v) is 1.83. The van der Waals surface area contributed by atoms with Crippen molar-refractivity contribution in [2.75, 3.05) is 7.11 Å². The Bertz CT molecular complexity index is 511. The summed E-state index contributed by atoms with van der Waals surface area (Å²) < 4.78 is 17.8. The van der Waals surface area contributed by atoms with Crippen molar-refractivity contribution in [1.29, 1.82) is 0 Å². The Kier molecular flexibility index (Phi) is 4.47. The number of methoxy groups -OCH3 is 1. The molecule has 1 heterocycles. The van der Waals surface area contributed by atoms with Crippen LogP contribution in [0.4, 0.5) is 4.39 Å². The molecule has 4 heteroatoms. The normalized spacial score (nSPS) is 12.2. The number of rotatable bonds is 5. The van der Waals surface area contributed by atoms with E-state index in [0.29, 0.717) is 12.1 Å². The van der Waals surface area contributed by atoms with E-state index < -0.39 is 11.9 Å². The van der Waals surface area contributed by atoms with Crippen molar-refractivity contribution in [3.63, 3.8) is 0 Å². The first-order valence-electron chi connectivity index (χ1n) is 6.11. The summed E-state index contributed by atoms with van der Waals surface area (Å²) in [6.07, 6.45) is 1.71. The first kappa shape index (κ1) is 13.5. The van der Waals surface area contributed by atoms with Crippen LogP contribution in [0.15, 0.2) is 42.6 Å². The Balaban J connectivity index is 1.92. The van der Waals surface area contributed by atoms with Crippen molar-refractivity contribution in [3.8, 4) is 5.75 Å². The largest absolute Gasteiger partial charge is 0.497 e. The van der Waals surface area contributed by atoms with Crippen LogP contribution < -0.4 is 4.74 Å². The molecule has 0 spiro atoms. The minimum Gasteiger partial charge on any atom is -0.497 e. The summed E-state index contributed by atoms with van der Waals surface area (Å²) in [5.74, 6) is 0.413. The van der Waals surface area contributed by atoms with Crippen LogP contribution in [0, 0.1) is 5.82 Å². The highest BCUT2D eigenvalue weighted by Crippen LogP contribution is 2.19. The fraction of sp³-hybridized carbons (Fsp3) is 0.267. The molecular formula is C15H16FNO2. The van der Waals surface area contributed by atoms with Crippen LogP contribution in [-0.2, 0) is 6.42 Å². The van der Waals surface area contributed by atoms with Crippen LogP contribution in [-0.4, -0.2) is 17.2 Å². The molecule has 0 radical (unpaired) electrons. The molecule has 0 aliphatic rings. The molecule has 0 bridgehead atoms. The maximum absolute atomic E-state index is 12.7. The van der Waals surface area contributed by atoms with E-state index in [4.69, 9.17) is 4.74 Å². The van der Waals surface area contributed by atoms with Crippen molar-refractivity contribution in [3.05, 3.63) is 59.7 Å². The van der Waals surface area contributed by atoms with Gasteiger partial charge in [-0.3, -0.25) is 4.98 Å². The molecule has 1 atom stereocenters. The van der Waals surface area contributed by atoms with E-state index >= 15 is 0 Å². The minimum absolute atomic E-state index is 0.397. The van der Waals surface area contributed by atoms with Crippen LogP contribution in [0.5, 0.6) is 5.75 Å². The second kappa shape index (κ2) is 6.29. The van der Waals surface area contributed by atoms with E-state index in [1.165, 1.54) is 12.1 Å². The van der Waals surface area contributed by atoms with Gasteiger partial charge in [-0.05, 0) is 42.7 Å². The number of benzene rings is 1. The number of hydrogen-bond donors (Lipinski definition) is 1. The second-order valence-electron chi connectivity index (χ2n) is 4.30. The lowest BCUT2D eigenvalue weighted by atomic mass is 10.0. The van der Waals surface area contributed by atoms with E-state index in [2.05, 4.69) is 4.98 Å². The molecule has 0 aliphatic heterocycles. The van der Waals surface area contributed by atoms with Gasteiger partial charge in [-0.15, -0.1) is 0 Å². The average molecular weight is 261 g/mol. The Labute approximate surface area is 111 Å². The van der Waals surface area contributed by atoms with Gasteiger partial charge < -0.3 is 9.84 Å². The third-order valence-corrected chi connectivity index (χ3v) is 2.96. The first-order chi connectivity index (χ1) is 9.19. The fourth-order valence-electron chi connectivity index (χ4n) is 1.83. The summed E-state index contributed by atoms with van der Waals surface area (Å²) in [5.41, 5.74) is 1.61. The number of hydrogen-bond acceptors (Lipinski definition) is 3. The van der Waals surface area contributed by atoms with Gasteiger partial charge in [0.25, 0.3) is 0 Å². The lowest BCUT2D eigenvalue weighted by molar-refractivity contribution is 0.163. The Hall–Kier alpha value is -1.94. The summed E-state index contributed by atoms with van der Waals surface area (Å²) >= 11 is 0. The summed E-state index contributed by atoms with van der Waals surface area (Å²) in [6, 6.07) is 10.5. The zero-order chi connectivity index (χ0) is 13.7. The average Bonchev–Trinajstić information content (AvgIpc) is 2.46. The second-order valence-corrected chi connectivity index (χ2v) is 4.30. The van der Waals surface area contributed by atoms with E-state index in [9.17, 15) is 9.50 Å². The molecule has 1 unspecified atom stereocenters. The molecule has 0 saturated heterocycles. The minimum atomic E-state index is -0.678. The monoisotopic (exact) mass is 261 g/mol. The van der Waals surface area contributed by atoms with Crippen molar-refractivity contribution in [1.82, 2.24) is 4.98 Å². The van der Waals surface area contributed by atoms with Gasteiger partial charge in [0.15, 0.2) is 0 Å². The smallest absolute Gasteiger partial charge is 0.141 e. The zero-order valence-corrected chi connectivity index (χ0v) is 10.7. The van der Waals surface area contributed by atoms with Gasteiger partial charge in [-0.2, -0.15) is 0 Å². The quantitative estimate of drug-likeness (QED) is 0.899. The van der Waals surface area contributed by atoms with Crippen LogP contribution >= 0.6 is 0 Å². The van der Waals surface area contributed by atoms with Crippen LogP contribution in [0.3, 0.4) is 0 Å². The Morgan fingerprint density at radius 1 is 1.21 bits per heavy atom. The van der Waals surface area contributed by atoms with Crippen molar-refractivity contribution >= 4 is 0 Å². The number of aromatic nitrogens is 1. The molecule has 3 nitrogen and oxygen atoms in total. The lowest BCUT2D eigenvalue weighted by Crippen LogP contribution is -2.02. The molecule has 0 saturated carbocycles. The molecule has 0 amide bonds. The topological polar surface area (TPSA) is 42.4 Å². The van der Waals surface area contributed by atoms with Crippen LogP contribution in [0.2, 0.25) is 0 Å². The van der Waals surface area contributed by atoms with Gasteiger partial charge in [-0.1, -0.05) is 12.1 Å². The van der Waals surface area contributed by atoms with E-state index in [1.807, 2.05) is 24.3 Å². The summed E-state index contributed by atoms with van der Waals surface area (Å²) in [6.45, 7) is 0. The molecule has 19 heavy (non-hydrogen) atoms. The van der Waals surface area contributed by atoms with Crippen molar-refractivity contribution in [2.45, 2.75) is 18.9 Å². The van der Waals surface area contributed by atoms with E-state index in [0.717, 1.165) is 23.9 Å². The molecule has 100 valence electrons. The molecule has 1 N–H and O–H groups in total. The third-order valence-electron chi connectivity index (χ3n) is 2.96. The van der Waals surface area contributed by atoms with E-state index in [-0.39, 0.29) is 0 Å². The van der Waals surface area contributed by atoms with Crippen molar-refractivity contribution in [2.24, 2.45) is 0 Å². The van der Waals surface area contributed by atoms with Gasteiger partial charge in [0, 0.05) is 0 Å². The highest BCUT2D eigenvalue weighted by atomic mass is 19.1. The third kappa shape index (κ3) is 3.76. The standard InChI is InChI=1S/C15H16FNO2/c1-19-13-6-2-11(3-7-13)4-9-15(18)14-8-5-12(16)10-17-14/h2-3,5-8,10,15,18H,4,9H2,1H3. The van der Waals surface area contributed by atoms with Crippen molar-refractivity contribution < 1.29 is 14.2 Å². The van der Waals surface area contributed by atoms with Gasteiger partial charge in [0.1, 0.15) is 11.6 Å². The predicted octanol–water partition coefficient (Wildman–Crippen LogP) is 2.90. The molecular weight excluding hydrogens is 245 g/mol. The number of aliphatic hydroxyl groups excluding tert-OH is 1. The predicted molar refractivity (Wildman–Crippen MR) is 70.5 cm³/mol. The number of aryl methyl sites for hydroxylation is 1. The molecule has 2 rings (SSSR count). The van der Waals surface area contributed by atoms with E-state index in [1.54, 1.807) is 7.11 Å². The summed E-state index contributed by atoms with van der Waals surface area (Å²) in [5, 5.41) is 9.96. The Morgan fingerprint density at radius 3 is 2.53 bits per heavy atom. The lowest BCUT2D eigenvalue weighted by Gasteiger charge is -2.10. The molecule has 0 fully saturated rings. The first-order valence-corrected chi connectivity index (χ1v) is 6.11. The number of nitrogens with zero attached hydrogens (tertiary/aromatic N) is 1. The molecule has 1 aromatic heterocycles. The molecule has 1 aromatic carbocycles.